The lowest BCUT2D eigenvalue weighted by Crippen LogP contribution is -2.33. The summed E-state index contributed by atoms with van der Waals surface area (Å²) in [6.45, 7) is 7.73. The van der Waals surface area contributed by atoms with Gasteiger partial charge in [0.05, 0.1) is 0 Å². The van der Waals surface area contributed by atoms with Crippen molar-refractivity contribution >= 4 is 0 Å². The highest BCUT2D eigenvalue weighted by Gasteiger charge is 2.22. The molecule has 1 heteroatoms. The Balaban J connectivity index is 2.10. The Hall–Kier alpha value is -0.820. The molecule has 1 aromatic rings. The highest BCUT2D eigenvalue weighted by Crippen LogP contribution is 2.33. The third kappa shape index (κ3) is 3.32. The molecular weight excluding hydrogens is 206 g/mol. The first-order valence-electron chi connectivity index (χ1n) is 7.00. The maximum atomic E-state index is 3.61. The van der Waals surface area contributed by atoms with E-state index in [0.717, 1.165) is 18.5 Å². The van der Waals surface area contributed by atoms with Crippen LogP contribution in [0.1, 0.15) is 55.2 Å². The predicted molar refractivity (Wildman–Crippen MR) is 74.6 cm³/mol. The number of rotatable bonds is 3. The minimum absolute atomic E-state index is 0.736. The zero-order valence-corrected chi connectivity index (χ0v) is 11.4. The fraction of sp³-hybridized carbons (Fsp3) is 0.625. The molecule has 17 heavy (non-hydrogen) atoms. The van der Waals surface area contributed by atoms with Crippen molar-refractivity contribution in [3.8, 4) is 0 Å². The van der Waals surface area contributed by atoms with Gasteiger partial charge in [0.2, 0.25) is 0 Å². The molecule has 0 spiro atoms. The molecule has 1 nitrogen and oxygen atoms in total. The van der Waals surface area contributed by atoms with Gasteiger partial charge in [-0.05, 0) is 51.1 Å². The second-order valence-electron chi connectivity index (χ2n) is 5.54. The number of nitrogens with one attached hydrogen (secondary N) is 1. The summed E-state index contributed by atoms with van der Waals surface area (Å²) in [5.41, 5.74) is 4.38. The van der Waals surface area contributed by atoms with E-state index in [1.54, 1.807) is 5.56 Å². The van der Waals surface area contributed by atoms with Crippen LogP contribution in [0.4, 0.5) is 0 Å². The van der Waals surface area contributed by atoms with Crippen molar-refractivity contribution < 1.29 is 0 Å². The molecule has 2 atom stereocenters. The average molecular weight is 231 g/mol. The molecular formula is C16H25N. The van der Waals surface area contributed by atoms with Crippen molar-refractivity contribution in [3.05, 3.63) is 34.9 Å². The van der Waals surface area contributed by atoms with E-state index in [1.165, 1.54) is 36.8 Å². The molecule has 2 rings (SSSR count). The van der Waals surface area contributed by atoms with Gasteiger partial charge in [-0.15, -0.1) is 0 Å². The maximum absolute atomic E-state index is 3.61. The minimum Gasteiger partial charge on any atom is -0.314 e. The van der Waals surface area contributed by atoms with Crippen LogP contribution in [0, 0.1) is 13.8 Å². The van der Waals surface area contributed by atoms with Gasteiger partial charge in [-0.2, -0.15) is 0 Å². The van der Waals surface area contributed by atoms with Crippen LogP contribution < -0.4 is 5.32 Å². The van der Waals surface area contributed by atoms with E-state index >= 15 is 0 Å². The molecule has 0 bridgehead atoms. The molecule has 1 saturated carbocycles. The number of aryl methyl sites for hydroxylation is 2. The quantitative estimate of drug-likeness (QED) is 0.831. The summed E-state index contributed by atoms with van der Waals surface area (Å²) in [6.07, 6.45) is 5.41. The first kappa shape index (κ1) is 12.6. The fourth-order valence-electron chi connectivity index (χ4n) is 3.21. The van der Waals surface area contributed by atoms with Crippen molar-refractivity contribution in [3.63, 3.8) is 0 Å². The number of hydrogen-bond donors (Lipinski definition) is 1. The van der Waals surface area contributed by atoms with Crippen LogP contribution in [0.25, 0.3) is 0 Å². The maximum Gasteiger partial charge on any atom is 0.00727 e. The zero-order valence-electron chi connectivity index (χ0n) is 11.4. The molecule has 0 amide bonds. The summed E-state index contributed by atoms with van der Waals surface area (Å²) in [7, 11) is 0. The molecule has 1 aliphatic carbocycles. The molecule has 0 aliphatic heterocycles. The van der Waals surface area contributed by atoms with Crippen molar-refractivity contribution in [2.24, 2.45) is 0 Å². The lowest BCUT2D eigenvalue weighted by molar-refractivity contribution is 0.344. The van der Waals surface area contributed by atoms with Gasteiger partial charge in [0.15, 0.2) is 0 Å². The topological polar surface area (TPSA) is 12.0 Å². The lowest BCUT2D eigenvalue weighted by atomic mass is 9.80. The van der Waals surface area contributed by atoms with Gasteiger partial charge in [0, 0.05) is 6.04 Å². The van der Waals surface area contributed by atoms with Crippen LogP contribution in [0.3, 0.4) is 0 Å². The van der Waals surface area contributed by atoms with Crippen LogP contribution in [0.15, 0.2) is 18.2 Å². The molecule has 1 aromatic carbocycles. The summed E-state index contributed by atoms with van der Waals surface area (Å²) in [4.78, 5) is 0. The summed E-state index contributed by atoms with van der Waals surface area (Å²) in [5.74, 6) is 0.770. The molecule has 0 aromatic heterocycles. The first-order valence-corrected chi connectivity index (χ1v) is 7.00. The molecule has 0 saturated heterocycles. The van der Waals surface area contributed by atoms with Gasteiger partial charge in [-0.1, -0.05) is 42.7 Å². The number of benzene rings is 1. The van der Waals surface area contributed by atoms with E-state index in [4.69, 9.17) is 0 Å². The van der Waals surface area contributed by atoms with E-state index in [0.29, 0.717) is 0 Å². The van der Waals surface area contributed by atoms with Gasteiger partial charge >= 0.3 is 0 Å². The summed E-state index contributed by atoms with van der Waals surface area (Å²) < 4.78 is 0. The van der Waals surface area contributed by atoms with Gasteiger partial charge < -0.3 is 5.32 Å². The Bertz CT molecular complexity index is 348. The average Bonchev–Trinajstić information content (AvgIpc) is 2.28. The largest absolute Gasteiger partial charge is 0.314 e. The van der Waals surface area contributed by atoms with Crippen molar-refractivity contribution in [1.82, 2.24) is 5.32 Å². The smallest absolute Gasteiger partial charge is 0.00727 e. The van der Waals surface area contributed by atoms with Crippen LogP contribution in [0.5, 0.6) is 0 Å². The highest BCUT2D eigenvalue weighted by molar-refractivity contribution is 5.31. The van der Waals surface area contributed by atoms with Gasteiger partial charge in [0.1, 0.15) is 0 Å². The normalized spacial score (nSPS) is 24.9. The van der Waals surface area contributed by atoms with Crippen molar-refractivity contribution in [2.75, 3.05) is 6.54 Å². The predicted octanol–water partition coefficient (Wildman–Crippen LogP) is 3.94. The standard InChI is InChI=1S/C16H25N/c1-4-17-16-7-5-6-14(11-16)15-9-12(2)8-13(3)10-15/h8-10,14,16-17H,4-7,11H2,1-3H3. The molecule has 1 N–H and O–H groups in total. The fourth-order valence-corrected chi connectivity index (χ4v) is 3.21. The Morgan fingerprint density at radius 1 is 1.12 bits per heavy atom. The van der Waals surface area contributed by atoms with Gasteiger partial charge in [0.25, 0.3) is 0 Å². The Morgan fingerprint density at radius 3 is 2.47 bits per heavy atom. The second kappa shape index (κ2) is 5.68. The second-order valence-corrected chi connectivity index (χ2v) is 5.54. The monoisotopic (exact) mass is 231 g/mol. The van der Waals surface area contributed by atoms with Crippen molar-refractivity contribution in [1.29, 1.82) is 0 Å². The summed E-state index contributed by atoms with van der Waals surface area (Å²) in [5, 5.41) is 3.61. The molecule has 0 radical (unpaired) electrons. The van der Waals surface area contributed by atoms with E-state index < -0.39 is 0 Å². The van der Waals surface area contributed by atoms with Gasteiger partial charge in [-0.25, -0.2) is 0 Å². The summed E-state index contributed by atoms with van der Waals surface area (Å²) >= 11 is 0. The van der Waals surface area contributed by atoms with E-state index in [2.05, 4.69) is 44.3 Å². The zero-order chi connectivity index (χ0) is 12.3. The molecule has 1 aliphatic rings. The molecule has 0 heterocycles. The first-order chi connectivity index (χ1) is 8.19. The van der Waals surface area contributed by atoms with E-state index in [9.17, 15) is 0 Å². The van der Waals surface area contributed by atoms with E-state index in [1.807, 2.05) is 0 Å². The lowest BCUT2D eigenvalue weighted by Gasteiger charge is -2.30. The Morgan fingerprint density at radius 2 is 1.82 bits per heavy atom. The number of hydrogen-bond acceptors (Lipinski definition) is 1. The molecule has 94 valence electrons. The Labute approximate surface area is 106 Å². The van der Waals surface area contributed by atoms with Crippen LogP contribution in [-0.4, -0.2) is 12.6 Å². The molecule has 2 unspecified atom stereocenters. The highest BCUT2D eigenvalue weighted by atomic mass is 14.9. The van der Waals surface area contributed by atoms with Crippen LogP contribution >= 0.6 is 0 Å². The third-order valence-electron chi connectivity index (χ3n) is 3.88. The molecule has 1 fully saturated rings. The van der Waals surface area contributed by atoms with E-state index in [-0.39, 0.29) is 0 Å². The van der Waals surface area contributed by atoms with Crippen LogP contribution in [0.2, 0.25) is 0 Å². The van der Waals surface area contributed by atoms with Crippen LogP contribution in [-0.2, 0) is 0 Å². The summed E-state index contributed by atoms with van der Waals surface area (Å²) in [6, 6.07) is 7.77. The minimum atomic E-state index is 0.736. The Kier molecular flexibility index (Phi) is 4.22. The van der Waals surface area contributed by atoms with Crippen molar-refractivity contribution in [2.45, 2.75) is 58.4 Å². The van der Waals surface area contributed by atoms with Gasteiger partial charge in [-0.3, -0.25) is 0 Å². The SMILES string of the molecule is CCNC1CCCC(c2cc(C)cc(C)c2)C1. The third-order valence-corrected chi connectivity index (χ3v) is 3.88.